The van der Waals surface area contributed by atoms with E-state index in [1.807, 2.05) is 32.0 Å². The molecular formula is C25H21Cl2N3O2S. The Labute approximate surface area is 205 Å². The van der Waals surface area contributed by atoms with Crippen LogP contribution in [0.5, 0.6) is 0 Å². The van der Waals surface area contributed by atoms with E-state index in [1.54, 1.807) is 29.2 Å². The molecule has 0 bridgehead atoms. The van der Waals surface area contributed by atoms with Crippen LogP contribution in [0, 0.1) is 25.2 Å². The summed E-state index contributed by atoms with van der Waals surface area (Å²) in [6.45, 7) is 5.04. The lowest BCUT2D eigenvalue weighted by atomic mass is 10.1. The van der Waals surface area contributed by atoms with Gasteiger partial charge in [-0.2, -0.15) is 5.26 Å². The smallest absolute Gasteiger partial charge is 0.273 e. The van der Waals surface area contributed by atoms with Crippen molar-refractivity contribution in [3.8, 4) is 11.8 Å². The van der Waals surface area contributed by atoms with Crippen molar-refractivity contribution in [1.29, 1.82) is 5.26 Å². The standard InChI is InChI=1S/C25H21Cl2N3O2S/c1-15-6-5-7-16(2)22(15)30-24(32)21(12-17-8-9-18(26)13-20(17)27)33-25(30)19(14-28)23(31)29-10-3-4-11-29/h5-9,12-13H,3-4,10-11H2,1-2H3/b21-12-,25-19+. The van der Waals surface area contributed by atoms with E-state index in [2.05, 4.69) is 6.07 Å². The Morgan fingerprint density at radius 2 is 1.79 bits per heavy atom. The molecule has 168 valence electrons. The highest BCUT2D eigenvalue weighted by atomic mass is 35.5. The monoisotopic (exact) mass is 497 g/mol. The van der Waals surface area contributed by atoms with Crippen molar-refractivity contribution in [2.45, 2.75) is 26.7 Å². The molecule has 3 aromatic rings. The molecule has 1 aliphatic rings. The van der Waals surface area contributed by atoms with Gasteiger partial charge >= 0.3 is 0 Å². The maximum Gasteiger partial charge on any atom is 0.273 e. The van der Waals surface area contributed by atoms with Gasteiger partial charge in [-0.25, -0.2) is 0 Å². The molecule has 2 aromatic carbocycles. The van der Waals surface area contributed by atoms with E-state index in [0.717, 1.165) is 35.3 Å². The van der Waals surface area contributed by atoms with Crippen LogP contribution in [0.1, 0.15) is 29.5 Å². The zero-order valence-corrected chi connectivity index (χ0v) is 20.5. The minimum absolute atomic E-state index is 0.0245. The highest BCUT2D eigenvalue weighted by Crippen LogP contribution is 2.22. The van der Waals surface area contributed by atoms with Crippen LogP contribution in [-0.2, 0) is 4.79 Å². The van der Waals surface area contributed by atoms with Crippen molar-refractivity contribution >= 4 is 52.1 Å². The van der Waals surface area contributed by atoms with Crippen LogP contribution in [0.15, 0.2) is 41.2 Å². The van der Waals surface area contributed by atoms with Crippen LogP contribution in [0.25, 0.3) is 17.3 Å². The topological polar surface area (TPSA) is 66.1 Å². The van der Waals surface area contributed by atoms with Crippen LogP contribution >= 0.6 is 34.5 Å². The molecule has 0 atom stereocenters. The van der Waals surface area contributed by atoms with Gasteiger partial charge in [-0.15, -0.1) is 11.3 Å². The number of halogens is 2. The van der Waals surface area contributed by atoms with Crippen molar-refractivity contribution in [1.82, 2.24) is 9.47 Å². The lowest BCUT2D eigenvalue weighted by Crippen LogP contribution is -2.35. The summed E-state index contributed by atoms with van der Waals surface area (Å²) in [4.78, 5) is 28.6. The molecule has 0 spiro atoms. The zero-order chi connectivity index (χ0) is 23.7. The van der Waals surface area contributed by atoms with E-state index in [0.29, 0.717) is 43.6 Å². The van der Waals surface area contributed by atoms with Gasteiger partial charge in [-0.05, 0) is 61.6 Å². The second kappa shape index (κ2) is 9.56. The van der Waals surface area contributed by atoms with Crippen LogP contribution in [0.3, 0.4) is 0 Å². The molecule has 1 aromatic heterocycles. The summed E-state index contributed by atoms with van der Waals surface area (Å²) < 4.78 is 2.20. The number of amides is 1. The largest absolute Gasteiger partial charge is 0.338 e. The van der Waals surface area contributed by atoms with E-state index in [9.17, 15) is 14.9 Å². The van der Waals surface area contributed by atoms with E-state index in [4.69, 9.17) is 23.2 Å². The molecule has 1 amide bonds. The summed E-state index contributed by atoms with van der Waals surface area (Å²) in [5.41, 5.74) is 2.72. The molecule has 33 heavy (non-hydrogen) atoms. The third kappa shape index (κ3) is 4.49. The Morgan fingerprint density at radius 1 is 1.12 bits per heavy atom. The van der Waals surface area contributed by atoms with Crippen LogP contribution < -0.4 is 14.8 Å². The number of thiazole rings is 1. The lowest BCUT2D eigenvalue weighted by molar-refractivity contribution is -0.123. The summed E-state index contributed by atoms with van der Waals surface area (Å²) in [7, 11) is 0. The van der Waals surface area contributed by atoms with Gasteiger partial charge in [-0.3, -0.25) is 14.2 Å². The minimum atomic E-state index is -0.340. The average molecular weight is 498 g/mol. The zero-order valence-electron chi connectivity index (χ0n) is 18.2. The number of aromatic nitrogens is 1. The number of para-hydroxylation sites is 1. The van der Waals surface area contributed by atoms with Gasteiger partial charge in [0.25, 0.3) is 11.5 Å². The number of carbonyl (C=O) groups is 1. The SMILES string of the molecule is Cc1cccc(C)c1-n1c(=O)/c(=C/c2ccc(Cl)cc2Cl)s/c1=C(\C#N)C(=O)N1CCCC1. The average Bonchev–Trinajstić information content (AvgIpc) is 3.41. The number of aryl methyl sites for hydroxylation is 2. The van der Waals surface area contributed by atoms with E-state index in [-0.39, 0.29) is 17.0 Å². The summed E-state index contributed by atoms with van der Waals surface area (Å²) in [6, 6.07) is 12.9. The normalized spacial score (nSPS) is 15.0. The molecular weight excluding hydrogens is 477 g/mol. The third-order valence-electron chi connectivity index (χ3n) is 5.67. The van der Waals surface area contributed by atoms with E-state index < -0.39 is 0 Å². The predicted molar refractivity (Wildman–Crippen MR) is 134 cm³/mol. The number of carbonyl (C=O) groups excluding carboxylic acids is 1. The van der Waals surface area contributed by atoms with Gasteiger partial charge in [0.2, 0.25) is 0 Å². The number of rotatable bonds is 3. The van der Waals surface area contributed by atoms with Crippen molar-refractivity contribution in [3.63, 3.8) is 0 Å². The molecule has 0 unspecified atom stereocenters. The highest BCUT2D eigenvalue weighted by Gasteiger charge is 2.25. The summed E-state index contributed by atoms with van der Waals surface area (Å²) in [5, 5.41) is 10.9. The Kier molecular flexibility index (Phi) is 6.76. The molecule has 4 rings (SSSR count). The summed E-state index contributed by atoms with van der Waals surface area (Å²) >= 11 is 13.5. The minimum Gasteiger partial charge on any atom is -0.338 e. The Balaban J connectivity index is 2.09. The first kappa shape index (κ1) is 23.3. The molecule has 2 heterocycles. The van der Waals surface area contributed by atoms with Crippen molar-refractivity contribution in [2.24, 2.45) is 0 Å². The van der Waals surface area contributed by atoms with Crippen LogP contribution in [0.2, 0.25) is 10.0 Å². The Bertz CT molecular complexity index is 1450. The van der Waals surface area contributed by atoms with Gasteiger partial charge < -0.3 is 4.90 Å². The molecule has 0 N–H and O–H groups in total. The van der Waals surface area contributed by atoms with E-state index >= 15 is 0 Å². The van der Waals surface area contributed by atoms with Crippen LogP contribution in [-0.4, -0.2) is 28.5 Å². The molecule has 1 saturated heterocycles. The third-order valence-corrected chi connectivity index (χ3v) is 7.32. The number of likely N-dealkylation sites (tertiary alicyclic amines) is 1. The van der Waals surface area contributed by atoms with Gasteiger partial charge in [0.15, 0.2) is 5.57 Å². The van der Waals surface area contributed by atoms with E-state index in [1.165, 1.54) is 4.57 Å². The molecule has 0 saturated carbocycles. The number of nitriles is 1. The fourth-order valence-electron chi connectivity index (χ4n) is 4.04. The second-order valence-electron chi connectivity index (χ2n) is 7.95. The summed E-state index contributed by atoms with van der Waals surface area (Å²) in [5.74, 6) is -0.340. The maximum atomic E-state index is 13.7. The van der Waals surface area contributed by atoms with Gasteiger partial charge in [0.05, 0.1) is 10.2 Å². The van der Waals surface area contributed by atoms with Gasteiger partial charge in [-0.1, -0.05) is 47.5 Å². The quantitative estimate of drug-likeness (QED) is 0.550. The highest BCUT2D eigenvalue weighted by molar-refractivity contribution is 7.07. The molecule has 0 aliphatic carbocycles. The van der Waals surface area contributed by atoms with Crippen LogP contribution in [0.4, 0.5) is 0 Å². The molecule has 1 fully saturated rings. The van der Waals surface area contributed by atoms with Gasteiger partial charge in [0, 0.05) is 23.1 Å². The fourth-order valence-corrected chi connectivity index (χ4v) is 5.57. The van der Waals surface area contributed by atoms with Crippen molar-refractivity contribution < 1.29 is 4.79 Å². The number of benzene rings is 2. The number of hydrogen-bond donors (Lipinski definition) is 0. The van der Waals surface area contributed by atoms with Crippen molar-refractivity contribution in [3.05, 3.63) is 82.7 Å². The predicted octanol–water partition coefficient (Wildman–Crippen LogP) is 3.95. The number of hydrogen-bond acceptors (Lipinski definition) is 4. The molecule has 5 nitrogen and oxygen atoms in total. The molecule has 0 radical (unpaired) electrons. The summed E-state index contributed by atoms with van der Waals surface area (Å²) in [6.07, 6.45) is 3.49. The van der Waals surface area contributed by atoms with Gasteiger partial charge in [0.1, 0.15) is 10.7 Å². The Hall–Kier alpha value is -2.85. The number of nitrogens with zero attached hydrogens (tertiary/aromatic N) is 3. The molecule has 1 aliphatic heterocycles. The first-order valence-corrected chi connectivity index (χ1v) is 12.1. The first-order chi connectivity index (χ1) is 15.8. The molecule has 8 heteroatoms. The van der Waals surface area contributed by atoms with Crippen molar-refractivity contribution in [2.75, 3.05) is 13.1 Å². The second-order valence-corrected chi connectivity index (χ2v) is 9.82. The first-order valence-electron chi connectivity index (χ1n) is 10.5. The fraction of sp³-hybridized carbons (Fsp3) is 0.240. The lowest BCUT2D eigenvalue weighted by Gasteiger charge is -2.15. The maximum absolute atomic E-state index is 13.7. The Morgan fingerprint density at radius 3 is 2.39 bits per heavy atom.